The first-order valence-electron chi connectivity index (χ1n) is 4.84. The molecule has 84 valence electrons. The summed E-state index contributed by atoms with van der Waals surface area (Å²) in [6.07, 6.45) is 2.02. The zero-order valence-electron chi connectivity index (χ0n) is 9.03. The summed E-state index contributed by atoms with van der Waals surface area (Å²) < 4.78 is 0. The van der Waals surface area contributed by atoms with Crippen molar-refractivity contribution in [2.45, 2.75) is 17.4 Å². The largest absolute Gasteiger partial charge is 0.345 e. The van der Waals surface area contributed by atoms with Crippen molar-refractivity contribution >= 4 is 35.0 Å². The van der Waals surface area contributed by atoms with Gasteiger partial charge in [0.15, 0.2) is 5.11 Å². The molecule has 1 fully saturated rings. The van der Waals surface area contributed by atoms with Gasteiger partial charge in [0.1, 0.15) is 5.54 Å². The summed E-state index contributed by atoms with van der Waals surface area (Å²) in [6, 6.07) is 7.90. The Bertz CT molecular complexity index is 444. The van der Waals surface area contributed by atoms with Crippen LogP contribution in [0.2, 0.25) is 0 Å². The number of thioether (sulfide) groups is 1. The highest BCUT2D eigenvalue weighted by Crippen LogP contribution is 2.26. The molecule has 1 unspecified atom stereocenters. The van der Waals surface area contributed by atoms with Crippen LogP contribution in [-0.4, -0.2) is 17.3 Å². The Morgan fingerprint density at radius 1 is 1.31 bits per heavy atom. The van der Waals surface area contributed by atoms with Crippen molar-refractivity contribution in [1.29, 1.82) is 0 Å². The van der Waals surface area contributed by atoms with Gasteiger partial charge in [0, 0.05) is 4.90 Å². The van der Waals surface area contributed by atoms with E-state index < -0.39 is 5.54 Å². The molecule has 3 nitrogen and oxygen atoms in total. The minimum absolute atomic E-state index is 0.102. The lowest BCUT2D eigenvalue weighted by atomic mass is 9.92. The van der Waals surface area contributed by atoms with E-state index in [1.807, 2.05) is 37.4 Å². The van der Waals surface area contributed by atoms with E-state index in [1.165, 1.54) is 4.90 Å². The quantitative estimate of drug-likeness (QED) is 0.620. The molecular formula is C11H12N2OS2. The van der Waals surface area contributed by atoms with E-state index in [-0.39, 0.29) is 5.91 Å². The molecule has 0 bridgehead atoms. The molecule has 16 heavy (non-hydrogen) atoms. The van der Waals surface area contributed by atoms with Crippen LogP contribution in [0.25, 0.3) is 0 Å². The van der Waals surface area contributed by atoms with Crippen LogP contribution < -0.4 is 10.6 Å². The second-order valence-electron chi connectivity index (χ2n) is 3.76. The molecule has 0 radical (unpaired) electrons. The van der Waals surface area contributed by atoms with Gasteiger partial charge in [0.05, 0.1) is 0 Å². The molecule has 0 spiro atoms. The summed E-state index contributed by atoms with van der Waals surface area (Å²) in [4.78, 5) is 13.0. The topological polar surface area (TPSA) is 41.1 Å². The monoisotopic (exact) mass is 252 g/mol. The Labute approximate surface area is 104 Å². The normalized spacial score (nSPS) is 24.1. The van der Waals surface area contributed by atoms with Gasteiger partial charge in [-0.2, -0.15) is 0 Å². The van der Waals surface area contributed by atoms with Gasteiger partial charge in [-0.25, -0.2) is 0 Å². The van der Waals surface area contributed by atoms with Gasteiger partial charge < -0.3 is 10.6 Å². The second kappa shape index (κ2) is 4.07. The van der Waals surface area contributed by atoms with Gasteiger partial charge >= 0.3 is 0 Å². The van der Waals surface area contributed by atoms with Gasteiger partial charge in [-0.3, -0.25) is 4.79 Å². The number of carbonyl (C=O) groups is 1. The number of amides is 1. The maximum absolute atomic E-state index is 11.8. The zero-order valence-corrected chi connectivity index (χ0v) is 10.7. The molecule has 1 aliphatic rings. The lowest BCUT2D eigenvalue weighted by Crippen LogP contribution is -2.40. The van der Waals surface area contributed by atoms with Crippen molar-refractivity contribution < 1.29 is 4.79 Å². The van der Waals surface area contributed by atoms with Crippen molar-refractivity contribution in [1.82, 2.24) is 10.6 Å². The summed E-state index contributed by atoms with van der Waals surface area (Å²) in [5, 5.41) is 6.00. The molecular weight excluding hydrogens is 240 g/mol. The van der Waals surface area contributed by atoms with E-state index in [0.717, 1.165) is 5.56 Å². The van der Waals surface area contributed by atoms with Crippen LogP contribution in [0.1, 0.15) is 12.5 Å². The second-order valence-corrected chi connectivity index (χ2v) is 5.05. The fraction of sp³-hybridized carbons (Fsp3) is 0.273. The lowest BCUT2D eigenvalue weighted by Gasteiger charge is -2.21. The van der Waals surface area contributed by atoms with Crippen molar-refractivity contribution in [3.05, 3.63) is 29.8 Å². The molecule has 1 heterocycles. The SMILES string of the molecule is CSc1ccc(C2(C)NC(=S)NC2=O)cc1. The summed E-state index contributed by atoms with van der Waals surface area (Å²) in [5.74, 6) is -0.102. The number of thiocarbonyl (C=S) groups is 1. The Balaban J connectivity index is 2.36. The van der Waals surface area contributed by atoms with Crippen LogP contribution in [0, 0.1) is 0 Å². The Hall–Kier alpha value is -1.07. The average Bonchev–Trinajstić information content (AvgIpc) is 2.54. The fourth-order valence-corrected chi connectivity index (χ4v) is 2.38. The number of hydrogen-bond donors (Lipinski definition) is 2. The molecule has 1 amide bonds. The number of benzene rings is 1. The van der Waals surface area contributed by atoms with Crippen molar-refractivity contribution in [3.8, 4) is 0 Å². The van der Waals surface area contributed by atoms with Gasteiger partial charge in [0.25, 0.3) is 5.91 Å². The maximum Gasteiger partial charge on any atom is 0.256 e. The first kappa shape index (κ1) is 11.4. The third kappa shape index (κ3) is 1.81. The van der Waals surface area contributed by atoms with E-state index in [1.54, 1.807) is 11.8 Å². The molecule has 1 aromatic rings. The third-order valence-electron chi connectivity index (χ3n) is 2.71. The number of nitrogens with one attached hydrogen (secondary N) is 2. The Kier molecular flexibility index (Phi) is 2.90. The summed E-state index contributed by atoms with van der Waals surface area (Å²) in [5.41, 5.74) is 0.177. The van der Waals surface area contributed by atoms with Crippen LogP contribution in [-0.2, 0) is 10.3 Å². The highest BCUT2D eigenvalue weighted by molar-refractivity contribution is 7.98. The maximum atomic E-state index is 11.8. The van der Waals surface area contributed by atoms with Crippen molar-refractivity contribution in [2.75, 3.05) is 6.26 Å². The minimum atomic E-state index is -0.742. The van der Waals surface area contributed by atoms with Crippen LogP contribution in [0.5, 0.6) is 0 Å². The van der Waals surface area contributed by atoms with E-state index in [4.69, 9.17) is 12.2 Å². The molecule has 0 saturated carbocycles. The third-order valence-corrected chi connectivity index (χ3v) is 3.66. The predicted octanol–water partition coefficient (Wildman–Crippen LogP) is 1.63. The number of rotatable bonds is 2. The zero-order chi connectivity index (χ0) is 11.8. The minimum Gasteiger partial charge on any atom is -0.345 e. The smallest absolute Gasteiger partial charge is 0.256 e. The molecule has 2 rings (SSSR count). The Morgan fingerprint density at radius 2 is 1.94 bits per heavy atom. The fourth-order valence-electron chi connectivity index (χ4n) is 1.67. The first-order chi connectivity index (χ1) is 7.56. The summed E-state index contributed by atoms with van der Waals surface area (Å²) in [6.45, 7) is 1.83. The molecule has 0 aromatic heterocycles. The highest BCUT2D eigenvalue weighted by Gasteiger charge is 2.41. The Morgan fingerprint density at radius 3 is 2.38 bits per heavy atom. The van der Waals surface area contributed by atoms with Crippen LogP contribution in [0.4, 0.5) is 0 Å². The standard InChI is InChI=1S/C11H12N2OS2/c1-11(9(14)12-10(15)13-11)7-3-5-8(16-2)6-4-7/h3-6H,1-2H3,(H2,12,13,14,15). The molecule has 1 aromatic carbocycles. The van der Waals surface area contributed by atoms with Gasteiger partial charge in [0.2, 0.25) is 0 Å². The first-order valence-corrected chi connectivity index (χ1v) is 6.47. The van der Waals surface area contributed by atoms with Crippen molar-refractivity contribution in [2.24, 2.45) is 0 Å². The molecule has 2 N–H and O–H groups in total. The highest BCUT2D eigenvalue weighted by atomic mass is 32.2. The van der Waals surface area contributed by atoms with Gasteiger partial charge in [-0.05, 0) is 43.1 Å². The van der Waals surface area contributed by atoms with E-state index >= 15 is 0 Å². The molecule has 1 atom stereocenters. The van der Waals surface area contributed by atoms with E-state index in [0.29, 0.717) is 5.11 Å². The van der Waals surface area contributed by atoms with Crippen LogP contribution in [0.3, 0.4) is 0 Å². The molecule has 1 aliphatic heterocycles. The van der Waals surface area contributed by atoms with Crippen molar-refractivity contribution in [3.63, 3.8) is 0 Å². The van der Waals surface area contributed by atoms with Gasteiger partial charge in [-0.1, -0.05) is 12.1 Å². The van der Waals surface area contributed by atoms with Crippen LogP contribution in [0.15, 0.2) is 29.2 Å². The van der Waals surface area contributed by atoms with Crippen LogP contribution >= 0.6 is 24.0 Å². The van der Waals surface area contributed by atoms with E-state index in [2.05, 4.69) is 10.6 Å². The predicted molar refractivity (Wildman–Crippen MR) is 69.5 cm³/mol. The van der Waals surface area contributed by atoms with Gasteiger partial charge in [-0.15, -0.1) is 11.8 Å². The number of carbonyl (C=O) groups excluding carboxylic acids is 1. The molecule has 5 heteroatoms. The lowest BCUT2D eigenvalue weighted by molar-refractivity contribution is -0.123. The molecule has 1 saturated heterocycles. The molecule has 0 aliphatic carbocycles. The summed E-state index contributed by atoms with van der Waals surface area (Å²) >= 11 is 6.62. The number of hydrogen-bond acceptors (Lipinski definition) is 3. The average molecular weight is 252 g/mol. The van der Waals surface area contributed by atoms with E-state index in [9.17, 15) is 4.79 Å². The summed E-state index contributed by atoms with van der Waals surface area (Å²) in [7, 11) is 0.